The van der Waals surface area contributed by atoms with Crippen molar-refractivity contribution in [2.45, 2.75) is 77.2 Å². The van der Waals surface area contributed by atoms with E-state index < -0.39 is 0 Å². The van der Waals surface area contributed by atoms with Gasteiger partial charge in [-0.3, -0.25) is 4.99 Å². The van der Waals surface area contributed by atoms with Crippen LogP contribution < -0.4 is 10.6 Å². The fourth-order valence-electron chi connectivity index (χ4n) is 3.88. The average molecular weight is 486 g/mol. The molecule has 0 amide bonds. The van der Waals surface area contributed by atoms with E-state index in [1.165, 1.54) is 50.8 Å². The minimum Gasteiger partial charge on any atom is -0.356 e. The third-order valence-electron chi connectivity index (χ3n) is 5.40. The molecule has 2 N–H and O–H groups in total. The van der Waals surface area contributed by atoms with Crippen molar-refractivity contribution in [1.82, 2.24) is 25.4 Å². The largest absolute Gasteiger partial charge is 0.356 e. The summed E-state index contributed by atoms with van der Waals surface area (Å²) in [5.74, 6) is 3.23. The number of guanidine groups is 1. The van der Waals surface area contributed by atoms with Gasteiger partial charge in [-0.25, -0.2) is 0 Å². The number of hydrogen-bond acceptors (Lipinski definition) is 3. The van der Waals surface area contributed by atoms with E-state index >= 15 is 0 Å². The number of aryl methyl sites for hydroxylation is 2. The Morgan fingerprint density at radius 3 is 2.70 bits per heavy atom. The molecule has 6 nitrogen and oxygen atoms in total. The highest BCUT2D eigenvalue weighted by atomic mass is 127. The van der Waals surface area contributed by atoms with Crippen LogP contribution in [0.1, 0.15) is 69.4 Å². The highest BCUT2D eigenvalue weighted by molar-refractivity contribution is 14.0. The molecule has 27 heavy (non-hydrogen) atoms. The molecule has 7 heteroatoms. The zero-order valence-corrected chi connectivity index (χ0v) is 19.0. The second kappa shape index (κ2) is 12.4. The molecular weight excluding hydrogens is 451 g/mol. The Labute approximate surface area is 180 Å². The van der Waals surface area contributed by atoms with Gasteiger partial charge >= 0.3 is 0 Å². The van der Waals surface area contributed by atoms with E-state index in [1.807, 2.05) is 7.05 Å². The molecule has 0 radical (unpaired) electrons. The van der Waals surface area contributed by atoms with Gasteiger partial charge in [-0.15, -0.1) is 34.2 Å². The van der Waals surface area contributed by atoms with E-state index in [9.17, 15) is 0 Å². The van der Waals surface area contributed by atoms with E-state index in [0.29, 0.717) is 0 Å². The maximum atomic E-state index is 4.41. The molecule has 0 spiro atoms. The predicted molar refractivity (Wildman–Crippen MR) is 122 cm³/mol. The van der Waals surface area contributed by atoms with E-state index in [-0.39, 0.29) is 24.0 Å². The van der Waals surface area contributed by atoms with Crippen LogP contribution in [-0.4, -0.2) is 40.9 Å². The molecule has 152 valence electrons. The summed E-state index contributed by atoms with van der Waals surface area (Å²) in [5, 5.41) is 15.7. The molecule has 1 aliphatic carbocycles. The van der Waals surface area contributed by atoms with E-state index in [0.717, 1.165) is 57.1 Å². The van der Waals surface area contributed by atoms with Crippen molar-refractivity contribution < 1.29 is 0 Å². The Balaban J connectivity index is 0.00000261. The van der Waals surface area contributed by atoms with Gasteiger partial charge in [0.1, 0.15) is 11.6 Å². The van der Waals surface area contributed by atoms with Gasteiger partial charge in [-0.05, 0) is 51.4 Å². The Hall–Kier alpha value is -1.12. The molecule has 2 aliphatic rings. The van der Waals surface area contributed by atoms with Gasteiger partial charge in [-0.1, -0.05) is 18.1 Å². The molecule has 0 bridgehead atoms. The molecule has 0 saturated heterocycles. The van der Waals surface area contributed by atoms with Crippen LogP contribution in [0.5, 0.6) is 0 Å². The summed E-state index contributed by atoms with van der Waals surface area (Å²) in [5.41, 5.74) is 1.60. The van der Waals surface area contributed by atoms with Crippen LogP contribution in [-0.2, 0) is 19.4 Å². The van der Waals surface area contributed by atoms with Crippen LogP contribution >= 0.6 is 24.0 Å². The first-order chi connectivity index (χ1) is 12.9. The SMILES string of the molecule is CN=C(NCCCc1nnc2n1CCCCC2)NCCC1=CCCCC1.I. The molecular formula is C20H35IN6. The van der Waals surface area contributed by atoms with Gasteiger partial charge in [0.05, 0.1) is 0 Å². The molecule has 0 saturated carbocycles. The van der Waals surface area contributed by atoms with Crippen molar-refractivity contribution in [1.29, 1.82) is 0 Å². The summed E-state index contributed by atoms with van der Waals surface area (Å²) in [6.45, 7) is 2.96. The zero-order chi connectivity index (χ0) is 18.0. The third kappa shape index (κ3) is 7.08. The maximum absolute atomic E-state index is 4.41. The van der Waals surface area contributed by atoms with E-state index in [4.69, 9.17) is 0 Å². The van der Waals surface area contributed by atoms with E-state index in [2.05, 4.69) is 36.5 Å². The molecule has 1 aliphatic heterocycles. The van der Waals surface area contributed by atoms with Gasteiger partial charge in [0, 0.05) is 39.5 Å². The van der Waals surface area contributed by atoms with Crippen molar-refractivity contribution >= 4 is 29.9 Å². The van der Waals surface area contributed by atoms with Gasteiger partial charge in [0.15, 0.2) is 5.96 Å². The standard InChI is InChI=1S/C20H34N6.HI/c1-21-20(23-15-13-17-9-4-2-5-10-17)22-14-8-12-19-25-24-18-11-6-3-7-16-26(18)19;/h9H,2-8,10-16H2,1H3,(H2,21,22,23);1H. The molecule has 1 aromatic heterocycles. The lowest BCUT2D eigenvalue weighted by molar-refractivity contribution is 0.593. The Morgan fingerprint density at radius 2 is 1.89 bits per heavy atom. The second-order valence-corrected chi connectivity index (χ2v) is 7.38. The van der Waals surface area contributed by atoms with Crippen molar-refractivity contribution in [2.75, 3.05) is 20.1 Å². The first kappa shape index (κ1) is 22.2. The summed E-state index contributed by atoms with van der Waals surface area (Å²) >= 11 is 0. The van der Waals surface area contributed by atoms with Crippen molar-refractivity contribution in [2.24, 2.45) is 4.99 Å². The number of fused-ring (bicyclic) bond motifs is 1. The van der Waals surface area contributed by atoms with Crippen molar-refractivity contribution in [3.63, 3.8) is 0 Å². The summed E-state index contributed by atoms with van der Waals surface area (Å²) in [7, 11) is 1.84. The fourth-order valence-corrected chi connectivity index (χ4v) is 3.88. The Morgan fingerprint density at radius 1 is 1.04 bits per heavy atom. The number of aromatic nitrogens is 3. The van der Waals surface area contributed by atoms with Crippen LogP contribution in [0.2, 0.25) is 0 Å². The van der Waals surface area contributed by atoms with Gasteiger partial charge in [0.25, 0.3) is 0 Å². The monoisotopic (exact) mass is 486 g/mol. The van der Waals surface area contributed by atoms with Gasteiger partial charge in [0.2, 0.25) is 0 Å². The molecule has 1 aromatic rings. The number of nitrogens with zero attached hydrogens (tertiary/aromatic N) is 4. The number of allylic oxidation sites excluding steroid dienone is 1. The lowest BCUT2D eigenvalue weighted by Crippen LogP contribution is -2.38. The first-order valence-electron chi connectivity index (χ1n) is 10.4. The average Bonchev–Trinajstić information content (AvgIpc) is 2.90. The topological polar surface area (TPSA) is 67.1 Å². The van der Waals surface area contributed by atoms with Crippen molar-refractivity contribution in [3.8, 4) is 0 Å². The lowest BCUT2D eigenvalue weighted by Gasteiger charge is -2.15. The number of rotatable bonds is 7. The van der Waals surface area contributed by atoms with Crippen LogP contribution in [0.15, 0.2) is 16.6 Å². The second-order valence-electron chi connectivity index (χ2n) is 7.38. The van der Waals surface area contributed by atoms with Crippen LogP contribution in [0.3, 0.4) is 0 Å². The maximum Gasteiger partial charge on any atom is 0.190 e. The number of halogens is 1. The van der Waals surface area contributed by atoms with E-state index in [1.54, 1.807) is 5.57 Å². The van der Waals surface area contributed by atoms with Crippen LogP contribution in [0.4, 0.5) is 0 Å². The first-order valence-corrected chi connectivity index (χ1v) is 10.4. The normalized spacial score (nSPS) is 17.4. The predicted octanol–water partition coefficient (Wildman–Crippen LogP) is 3.61. The third-order valence-corrected chi connectivity index (χ3v) is 5.40. The number of aliphatic imine (C=N–C) groups is 1. The zero-order valence-electron chi connectivity index (χ0n) is 16.7. The lowest BCUT2D eigenvalue weighted by atomic mass is 9.97. The van der Waals surface area contributed by atoms with Crippen LogP contribution in [0, 0.1) is 0 Å². The molecule has 0 unspecified atom stereocenters. The summed E-state index contributed by atoms with van der Waals surface area (Å²) in [4.78, 5) is 4.33. The van der Waals surface area contributed by atoms with Crippen LogP contribution in [0.25, 0.3) is 0 Å². The summed E-state index contributed by atoms with van der Waals surface area (Å²) < 4.78 is 2.35. The van der Waals surface area contributed by atoms with Crippen molar-refractivity contribution in [3.05, 3.63) is 23.3 Å². The molecule has 3 rings (SSSR count). The molecule has 0 fully saturated rings. The van der Waals surface area contributed by atoms with Gasteiger partial charge in [-0.2, -0.15) is 0 Å². The Bertz CT molecular complexity index is 622. The quantitative estimate of drug-likeness (QED) is 0.203. The highest BCUT2D eigenvalue weighted by Crippen LogP contribution is 2.19. The Kier molecular flexibility index (Phi) is 10.2. The summed E-state index contributed by atoms with van der Waals surface area (Å²) in [6.07, 6.45) is 15.7. The minimum atomic E-state index is 0. The molecule has 0 aromatic carbocycles. The number of hydrogen-bond donors (Lipinski definition) is 2. The molecule has 2 heterocycles. The number of nitrogens with one attached hydrogen (secondary N) is 2. The summed E-state index contributed by atoms with van der Waals surface area (Å²) in [6, 6.07) is 0. The smallest absolute Gasteiger partial charge is 0.190 e. The highest BCUT2D eigenvalue weighted by Gasteiger charge is 2.14. The fraction of sp³-hybridized carbons (Fsp3) is 0.750. The minimum absolute atomic E-state index is 0. The van der Waals surface area contributed by atoms with Gasteiger partial charge < -0.3 is 15.2 Å². The molecule has 0 atom stereocenters.